The zero-order valence-corrected chi connectivity index (χ0v) is 13.1. The van der Waals surface area contributed by atoms with E-state index in [1.165, 1.54) is 0 Å². The molecule has 3 rings (SSSR count). The van der Waals surface area contributed by atoms with Crippen LogP contribution in [-0.4, -0.2) is 11.6 Å². The van der Waals surface area contributed by atoms with Crippen LogP contribution in [0.3, 0.4) is 0 Å². The number of nitrogens with zero attached hydrogens (tertiary/aromatic N) is 1. The van der Waals surface area contributed by atoms with Gasteiger partial charge in [0.1, 0.15) is 5.75 Å². The lowest BCUT2D eigenvalue weighted by Crippen LogP contribution is -2.04. The Morgan fingerprint density at radius 1 is 1.14 bits per heavy atom. The van der Waals surface area contributed by atoms with Gasteiger partial charge in [0.2, 0.25) is 5.89 Å². The van der Waals surface area contributed by atoms with Crippen LogP contribution >= 0.6 is 23.2 Å². The maximum absolute atomic E-state index is 12.1. The molecule has 0 saturated carbocycles. The number of rotatable bonds is 3. The number of hydrogen-bond acceptors (Lipinski definition) is 4. The van der Waals surface area contributed by atoms with Gasteiger partial charge in [-0.1, -0.05) is 23.2 Å². The summed E-state index contributed by atoms with van der Waals surface area (Å²) in [5, 5.41) is 1.36. The van der Waals surface area contributed by atoms with E-state index in [1.807, 2.05) is 6.92 Å². The van der Waals surface area contributed by atoms with Crippen molar-refractivity contribution in [2.75, 3.05) is 6.61 Å². The van der Waals surface area contributed by atoms with E-state index < -0.39 is 5.63 Å². The third-order valence-corrected chi connectivity index (χ3v) is 3.53. The molecule has 0 bridgehead atoms. The highest BCUT2D eigenvalue weighted by molar-refractivity contribution is 6.31. The molecule has 0 saturated heterocycles. The summed E-state index contributed by atoms with van der Waals surface area (Å²) in [6.07, 6.45) is 0. The molecule has 0 spiro atoms. The fraction of sp³-hybridized carbons (Fsp3) is 0.125. The fourth-order valence-electron chi connectivity index (χ4n) is 2.11. The molecule has 0 aliphatic carbocycles. The van der Waals surface area contributed by atoms with Gasteiger partial charge < -0.3 is 9.15 Å². The summed E-state index contributed by atoms with van der Waals surface area (Å²) in [4.78, 5) is 16.5. The van der Waals surface area contributed by atoms with Gasteiger partial charge in [0.25, 0.3) is 0 Å². The smallest absolute Gasteiger partial charge is 0.347 e. The van der Waals surface area contributed by atoms with E-state index in [-0.39, 0.29) is 5.89 Å². The first-order chi connectivity index (χ1) is 10.6. The van der Waals surface area contributed by atoms with Gasteiger partial charge in [-0.05, 0) is 43.3 Å². The topological polar surface area (TPSA) is 52.3 Å². The molecule has 4 nitrogen and oxygen atoms in total. The van der Waals surface area contributed by atoms with Crippen LogP contribution in [0.25, 0.3) is 22.4 Å². The second-order valence-corrected chi connectivity index (χ2v) is 5.41. The third-order valence-electron chi connectivity index (χ3n) is 3.06. The van der Waals surface area contributed by atoms with E-state index in [1.54, 1.807) is 36.4 Å². The molecule has 22 heavy (non-hydrogen) atoms. The molecule has 6 heteroatoms. The number of benzene rings is 2. The third kappa shape index (κ3) is 2.80. The zero-order valence-electron chi connectivity index (χ0n) is 11.6. The molecule has 1 aromatic heterocycles. The van der Waals surface area contributed by atoms with Gasteiger partial charge in [-0.3, -0.25) is 0 Å². The normalized spacial score (nSPS) is 10.9. The number of fused-ring (bicyclic) bond motifs is 1. The van der Waals surface area contributed by atoms with Crippen molar-refractivity contribution in [3.8, 4) is 17.2 Å². The minimum atomic E-state index is -0.487. The highest BCUT2D eigenvalue weighted by Gasteiger charge is 2.14. The van der Waals surface area contributed by atoms with Gasteiger partial charge in [-0.2, -0.15) is 0 Å². The quantitative estimate of drug-likeness (QED) is 0.703. The van der Waals surface area contributed by atoms with Crippen molar-refractivity contribution in [1.29, 1.82) is 0 Å². The number of ether oxygens (including phenoxy) is 1. The summed E-state index contributed by atoms with van der Waals surface area (Å²) in [6.45, 7) is 2.33. The van der Waals surface area contributed by atoms with Crippen LogP contribution in [0.5, 0.6) is 5.75 Å². The average Bonchev–Trinajstić information content (AvgIpc) is 2.48. The van der Waals surface area contributed by atoms with Crippen molar-refractivity contribution in [1.82, 2.24) is 4.98 Å². The first-order valence-electron chi connectivity index (χ1n) is 6.61. The first-order valence-corrected chi connectivity index (χ1v) is 7.37. The Kier molecular flexibility index (Phi) is 4.05. The lowest BCUT2D eigenvalue weighted by atomic mass is 10.2. The second kappa shape index (κ2) is 5.99. The summed E-state index contributed by atoms with van der Waals surface area (Å²) in [6, 6.07) is 9.88. The predicted molar refractivity (Wildman–Crippen MR) is 86.9 cm³/mol. The Bertz CT molecular complexity index is 906. The lowest BCUT2D eigenvalue weighted by Gasteiger charge is -2.09. The molecule has 1 heterocycles. The van der Waals surface area contributed by atoms with Gasteiger partial charge in [-0.25, -0.2) is 9.78 Å². The highest BCUT2D eigenvalue weighted by atomic mass is 35.5. The number of aromatic nitrogens is 1. The Balaban J connectivity index is 2.26. The molecule has 112 valence electrons. The largest absolute Gasteiger partial charge is 0.493 e. The molecular formula is C16H11Cl2NO3. The Morgan fingerprint density at radius 2 is 1.86 bits per heavy atom. The zero-order chi connectivity index (χ0) is 15.7. The van der Waals surface area contributed by atoms with E-state index in [0.717, 1.165) is 0 Å². The minimum absolute atomic E-state index is 0.144. The van der Waals surface area contributed by atoms with E-state index >= 15 is 0 Å². The standard InChI is InChI=1S/C16H11Cl2NO3/c1-2-21-14-6-4-9(17)7-12(14)15-19-13-8-10(18)3-5-11(13)16(20)22-15/h3-8H,2H2,1H3. The predicted octanol–water partition coefficient (Wildman–Crippen LogP) is 4.56. The molecular weight excluding hydrogens is 325 g/mol. The molecule has 0 aliphatic heterocycles. The monoisotopic (exact) mass is 335 g/mol. The molecule has 0 atom stereocenters. The van der Waals surface area contributed by atoms with Crippen LogP contribution in [0.4, 0.5) is 0 Å². The van der Waals surface area contributed by atoms with Crippen LogP contribution in [0.15, 0.2) is 45.6 Å². The van der Waals surface area contributed by atoms with Gasteiger partial charge >= 0.3 is 5.63 Å². The average molecular weight is 336 g/mol. The van der Waals surface area contributed by atoms with Crippen LogP contribution in [0.2, 0.25) is 10.0 Å². The Morgan fingerprint density at radius 3 is 2.64 bits per heavy atom. The maximum atomic E-state index is 12.1. The summed E-state index contributed by atoms with van der Waals surface area (Å²) in [7, 11) is 0. The van der Waals surface area contributed by atoms with Crippen molar-refractivity contribution in [3.63, 3.8) is 0 Å². The lowest BCUT2D eigenvalue weighted by molar-refractivity contribution is 0.340. The molecule has 3 aromatic rings. The van der Waals surface area contributed by atoms with Crippen molar-refractivity contribution in [3.05, 3.63) is 56.9 Å². The summed E-state index contributed by atoms with van der Waals surface area (Å²) in [5.41, 5.74) is 0.494. The molecule has 0 radical (unpaired) electrons. The highest BCUT2D eigenvalue weighted by Crippen LogP contribution is 2.32. The van der Waals surface area contributed by atoms with Crippen molar-refractivity contribution < 1.29 is 9.15 Å². The first kappa shape index (κ1) is 14.9. The Labute approximate surface area is 136 Å². The summed E-state index contributed by atoms with van der Waals surface area (Å²) in [5.74, 6) is 0.689. The maximum Gasteiger partial charge on any atom is 0.347 e. The molecule has 0 aliphatic rings. The van der Waals surface area contributed by atoms with Crippen LogP contribution in [0, 0.1) is 0 Å². The molecule has 0 amide bonds. The van der Waals surface area contributed by atoms with Crippen LogP contribution in [-0.2, 0) is 0 Å². The SMILES string of the molecule is CCOc1ccc(Cl)cc1-c1nc2cc(Cl)ccc2c(=O)o1. The van der Waals surface area contributed by atoms with Crippen molar-refractivity contribution in [2.24, 2.45) is 0 Å². The molecule has 0 N–H and O–H groups in total. The minimum Gasteiger partial charge on any atom is -0.493 e. The second-order valence-electron chi connectivity index (χ2n) is 4.54. The van der Waals surface area contributed by atoms with Gasteiger partial charge in [0, 0.05) is 10.0 Å². The molecule has 0 fully saturated rings. The van der Waals surface area contributed by atoms with Crippen molar-refractivity contribution in [2.45, 2.75) is 6.92 Å². The summed E-state index contributed by atoms with van der Waals surface area (Å²) >= 11 is 12.0. The van der Waals surface area contributed by atoms with Crippen molar-refractivity contribution >= 4 is 34.1 Å². The van der Waals surface area contributed by atoms with Gasteiger partial charge in [0.05, 0.1) is 23.1 Å². The van der Waals surface area contributed by atoms with Gasteiger partial charge in [0.15, 0.2) is 0 Å². The number of halogens is 2. The summed E-state index contributed by atoms with van der Waals surface area (Å²) < 4.78 is 10.8. The molecule has 0 unspecified atom stereocenters. The number of hydrogen-bond donors (Lipinski definition) is 0. The van der Waals surface area contributed by atoms with E-state index in [0.29, 0.717) is 38.9 Å². The Hall–Kier alpha value is -2.04. The molecule has 2 aromatic carbocycles. The van der Waals surface area contributed by atoms with E-state index in [9.17, 15) is 4.79 Å². The fourth-order valence-corrected chi connectivity index (χ4v) is 2.45. The van der Waals surface area contributed by atoms with E-state index in [2.05, 4.69) is 4.98 Å². The van der Waals surface area contributed by atoms with E-state index in [4.69, 9.17) is 32.4 Å². The van der Waals surface area contributed by atoms with Crippen LogP contribution < -0.4 is 10.4 Å². The van der Waals surface area contributed by atoms with Crippen LogP contribution in [0.1, 0.15) is 6.92 Å². The van der Waals surface area contributed by atoms with Gasteiger partial charge in [-0.15, -0.1) is 0 Å².